The predicted molar refractivity (Wildman–Crippen MR) is 122 cm³/mol. The van der Waals surface area contributed by atoms with Crippen molar-refractivity contribution in [3.8, 4) is 16.9 Å². The van der Waals surface area contributed by atoms with Crippen LogP contribution in [0.2, 0.25) is 0 Å². The molecule has 0 aliphatic rings. The summed E-state index contributed by atoms with van der Waals surface area (Å²) in [6.45, 7) is 6.46. The predicted octanol–water partition coefficient (Wildman–Crippen LogP) is 6.41. The molecule has 30 heavy (non-hydrogen) atoms. The lowest BCUT2D eigenvalue weighted by molar-refractivity contribution is 0.0222. The smallest absolute Gasteiger partial charge is 0.338 e. The van der Waals surface area contributed by atoms with Gasteiger partial charge in [0, 0.05) is 6.42 Å². The third-order valence-corrected chi connectivity index (χ3v) is 5.06. The number of hydrogen-bond acceptors (Lipinski definition) is 4. The highest BCUT2D eigenvalue weighted by Gasteiger charge is 2.14. The van der Waals surface area contributed by atoms with Crippen molar-refractivity contribution >= 4 is 5.97 Å². The van der Waals surface area contributed by atoms with Gasteiger partial charge in [0.1, 0.15) is 11.9 Å². The molecule has 0 heterocycles. The Bertz CT molecular complexity index is 735. The van der Waals surface area contributed by atoms with Crippen molar-refractivity contribution < 1.29 is 19.4 Å². The van der Waals surface area contributed by atoms with Crippen LogP contribution in [0.5, 0.6) is 5.75 Å². The van der Waals surface area contributed by atoms with Gasteiger partial charge in [0.05, 0.1) is 18.3 Å². The van der Waals surface area contributed by atoms with Gasteiger partial charge in [-0.2, -0.15) is 0 Å². The molecule has 4 nitrogen and oxygen atoms in total. The monoisotopic (exact) mass is 412 g/mol. The molecule has 0 saturated carbocycles. The second-order valence-corrected chi connectivity index (χ2v) is 8.02. The SMILES string of the molecule is CCCCCCCCOc1ccc(-c2ccc(C(=O)O[C@H](C)C[C@H](C)O)cc2)cc1. The maximum atomic E-state index is 12.2. The van der Waals surface area contributed by atoms with Crippen molar-refractivity contribution in [2.45, 2.75) is 77.9 Å². The number of esters is 1. The van der Waals surface area contributed by atoms with E-state index in [0.717, 1.165) is 29.9 Å². The quantitative estimate of drug-likeness (QED) is 0.305. The van der Waals surface area contributed by atoms with E-state index < -0.39 is 6.10 Å². The van der Waals surface area contributed by atoms with Crippen LogP contribution in [0.25, 0.3) is 11.1 Å². The van der Waals surface area contributed by atoms with Crippen LogP contribution in [-0.2, 0) is 4.74 Å². The minimum Gasteiger partial charge on any atom is -0.494 e. The van der Waals surface area contributed by atoms with E-state index in [-0.39, 0.29) is 12.1 Å². The van der Waals surface area contributed by atoms with E-state index in [1.54, 1.807) is 26.0 Å². The summed E-state index contributed by atoms with van der Waals surface area (Å²) >= 11 is 0. The zero-order valence-corrected chi connectivity index (χ0v) is 18.6. The third kappa shape index (κ3) is 8.58. The molecule has 2 atom stereocenters. The molecule has 2 aromatic carbocycles. The number of aliphatic hydroxyl groups is 1. The van der Waals surface area contributed by atoms with E-state index >= 15 is 0 Å². The molecular formula is C26H36O4. The lowest BCUT2D eigenvalue weighted by Crippen LogP contribution is -2.19. The molecule has 0 aromatic heterocycles. The molecule has 0 radical (unpaired) electrons. The molecule has 1 N–H and O–H groups in total. The minimum absolute atomic E-state index is 0.318. The van der Waals surface area contributed by atoms with Crippen LogP contribution in [-0.4, -0.2) is 29.9 Å². The van der Waals surface area contributed by atoms with Gasteiger partial charge in [-0.05, 0) is 55.7 Å². The number of ether oxygens (including phenoxy) is 2. The number of carbonyl (C=O) groups excluding carboxylic acids is 1. The van der Waals surface area contributed by atoms with Gasteiger partial charge in [0.2, 0.25) is 0 Å². The van der Waals surface area contributed by atoms with E-state index in [9.17, 15) is 9.90 Å². The van der Waals surface area contributed by atoms with Gasteiger partial charge < -0.3 is 14.6 Å². The highest BCUT2D eigenvalue weighted by atomic mass is 16.5. The Hall–Kier alpha value is -2.33. The van der Waals surface area contributed by atoms with Crippen molar-refractivity contribution in [1.82, 2.24) is 0 Å². The molecule has 0 spiro atoms. The largest absolute Gasteiger partial charge is 0.494 e. The first-order chi connectivity index (χ1) is 14.5. The summed E-state index contributed by atoms with van der Waals surface area (Å²) in [6.07, 6.45) is 7.15. The van der Waals surface area contributed by atoms with Crippen LogP contribution in [0.4, 0.5) is 0 Å². The first kappa shape index (κ1) is 23.9. The van der Waals surface area contributed by atoms with E-state index in [2.05, 4.69) is 6.92 Å². The first-order valence-electron chi connectivity index (χ1n) is 11.2. The Labute approximate surface area is 181 Å². The number of benzene rings is 2. The topological polar surface area (TPSA) is 55.8 Å². The van der Waals surface area contributed by atoms with Gasteiger partial charge in [-0.3, -0.25) is 0 Å². The molecule has 0 aliphatic carbocycles. The van der Waals surface area contributed by atoms with Crippen LogP contribution in [0.1, 0.15) is 76.1 Å². The number of carbonyl (C=O) groups is 1. The maximum Gasteiger partial charge on any atom is 0.338 e. The number of rotatable bonds is 13. The van der Waals surface area contributed by atoms with Crippen molar-refractivity contribution in [3.05, 3.63) is 54.1 Å². The van der Waals surface area contributed by atoms with Crippen LogP contribution in [0, 0.1) is 0 Å². The Balaban J connectivity index is 1.81. The summed E-state index contributed by atoms with van der Waals surface area (Å²) in [5.41, 5.74) is 2.62. The Morgan fingerprint density at radius 1 is 0.867 bits per heavy atom. The van der Waals surface area contributed by atoms with Gasteiger partial charge in [0.15, 0.2) is 0 Å². The zero-order chi connectivity index (χ0) is 21.8. The van der Waals surface area contributed by atoms with Crippen molar-refractivity contribution in [3.63, 3.8) is 0 Å². The number of unbranched alkanes of at least 4 members (excludes halogenated alkanes) is 5. The van der Waals surface area contributed by atoms with Crippen LogP contribution in [0.3, 0.4) is 0 Å². The highest BCUT2D eigenvalue weighted by Crippen LogP contribution is 2.23. The van der Waals surface area contributed by atoms with Crippen molar-refractivity contribution in [2.24, 2.45) is 0 Å². The van der Waals surface area contributed by atoms with Crippen LogP contribution < -0.4 is 4.74 Å². The van der Waals surface area contributed by atoms with Gasteiger partial charge in [0.25, 0.3) is 0 Å². The zero-order valence-electron chi connectivity index (χ0n) is 18.6. The van der Waals surface area contributed by atoms with E-state index in [1.165, 1.54) is 32.1 Å². The summed E-state index contributed by atoms with van der Waals surface area (Å²) in [6, 6.07) is 15.4. The van der Waals surface area contributed by atoms with E-state index in [4.69, 9.17) is 9.47 Å². The molecule has 0 amide bonds. The Morgan fingerprint density at radius 3 is 2.03 bits per heavy atom. The molecular weight excluding hydrogens is 376 g/mol. The molecule has 0 saturated heterocycles. The summed E-state index contributed by atoms with van der Waals surface area (Å²) in [7, 11) is 0. The average Bonchev–Trinajstić information content (AvgIpc) is 2.73. The van der Waals surface area contributed by atoms with Gasteiger partial charge in [-0.1, -0.05) is 63.3 Å². The fraction of sp³-hybridized carbons (Fsp3) is 0.500. The molecule has 2 aromatic rings. The Kier molecular flexibility index (Phi) is 10.4. The van der Waals surface area contributed by atoms with E-state index in [1.807, 2.05) is 36.4 Å². The Morgan fingerprint density at radius 2 is 1.43 bits per heavy atom. The fourth-order valence-corrected chi connectivity index (χ4v) is 3.39. The van der Waals surface area contributed by atoms with Crippen LogP contribution in [0.15, 0.2) is 48.5 Å². The second kappa shape index (κ2) is 13.1. The average molecular weight is 413 g/mol. The standard InChI is InChI=1S/C26H36O4/c1-4-5-6-7-8-9-18-29-25-16-14-23(15-17-25)22-10-12-24(13-11-22)26(28)30-21(3)19-20(2)27/h10-17,20-21,27H,4-9,18-19H2,1-3H3/t20-,21+/m0/s1. The first-order valence-corrected chi connectivity index (χ1v) is 11.2. The van der Waals surface area contributed by atoms with Crippen LogP contribution >= 0.6 is 0 Å². The lowest BCUT2D eigenvalue weighted by Gasteiger charge is -2.14. The summed E-state index contributed by atoms with van der Waals surface area (Å²) < 4.78 is 11.2. The maximum absolute atomic E-state index is 12.2. The second-order valence-electron chi connectivity index (χ2n) is 8.02. The summed E-state index contributed by atoms with van der Waals surface area (Å²) in [5.74, 6) is 0.521. The summed E-state index contributed by atoms with van der Waals surface area (Å²) in [5, 5.41) is 9.39. The van der Waals surface area contributed by atoms with Crippen molar-refractivity contribution in [2.75, 3.05) is 6.61 Å². The minimum atomic E-state index is -0.493. The van der Waals surface area contributed by atoms with Gasteiger partial charge in [-0.15, -0.1) is 0 Å². The number of hydrogen-bond donors (Lipinski definition) is 1. The molecule has 0 unspecified atom stereocenters. The van der Waals surface area contributed by atoms with E-state index in [0.29, 0.717) is 12.0 Å². The summed E-state index contributed by atoms with van der Waals surface area (Å²) in [4.78, 5) is 12.2. The molecule has 164 valence electrons. The lowest BCUT2D eigenvalue weighted by atomic mass is 10.0. The molecule has 0 aliphatic heterocycles. The number of aliphatic hydroxyl groups excluding tert-OH is 1. The fourth-order valence-electron chi connectivity index (χ4n) is 3.39. The molecule has 0 fully saturated rings. The normalized spacial score (nSPS) is 12.9. The van der Waals surface area contributed by atoms with Gasteiger partial charge >= 0.3 is 5.97 Å². The van der Waals surface area contributed by atoms with Gasteiger partial charge in [-0.25, -0.2) is 4.79 Å². The molecule has 2 rings (SSSR count). The third-order valence-electron chi connectivity index (χ3n) is 5.06. The molecule has 0 bridgehead atoms. The van der Waals surface area contributed by atoms with Crippen molar-refractivity contribution in [1.29, 1.82) is 0 Å². The molecule has 4 heteroatoms. The highest BCUT2D eigenvalue weighted by molar-refractivity contribution is 5.90.